The maximum absolute atomic E-state index is 12.2. The lowest BCUT2D eigenvalue weighted by molar-refractivity contribution is -0.274. The summed E-state index contributed by atoms with van der Waals surface area (Å²) in [4.78, 5) is 11.9. The van der Waals surface area contributed by atoms with Crippen molar-refractivity contribution in [1.29, 1.82) is 0 Å². The fourth-order valence-corrected chi connectivity index (χ4v) is 1.77. The highest BCUT2D eigenvalue weighted by Crippen LogP contribution is 2.27. The molecule has 0 N–H and O–H groups in total. The Balaban J connectivity index is 2.30. The van der Waals surface area contributed by atoms with Crippen LogP contribution in [0.3, 0.4) is 0 Å². The van der Waals surface area contributed by atoms with Crippen LogP contribution in [0.25, 0.3) is 0 Å². The van der Waals surface area contributed by atoms with E-state index in [1.165, 1.54) is 13.2 Å². The van der Waals surface area contributed by atoms with Gasteiger partial charge in [-0.2, -0.15) is 0 Å². The summed E-state index contributed by atoms with van der Waals surface area (Å²) in [6, 6.07) is 11.8. The van der Waals surface area contributed by atoms with Crippen molar-refractivity contribution in [3.8, 4) is 23.3 Å². The number of carbonyl (C=O) groups excluding carboxylic acids is 1. The lowest BCUT2D eigenvalue weighted by Gasteiger charge is -2.10. The molecule has 0 amide bonds. The lowest BCUT2D eigenvalue weighted by Crippen LogP contribution is -2.17. The number of benzene rings is 2. The van der Waals surface area contributed by atoms with Crippen LogP contribution in [0.2, 0.25) is 0 Å². The van der Waals surface area contributed by atoms with Gasteiger partial charge < -0.3 is 9.47 Å². The molecule has 0 unspecified atom stereocenters. The number of carbonyl (C=O) groups is 1. The minimum Gasteiger partial charge on any atom is -0.495 e. The zero-order chi connectivity index (χ0) is 16.9. The molecule has 0 atom stereocenters. The Morgan fingerprint density at radius 2 is 1.78 bits per heavy atom. The van der Waals surface area contributed by atoms with Gasteiger partial charge >= 0.3 is 6.36 Å². The van der Waals surface area contributed by atoms with Gasteiger partial charge in [-0.05, 0) is 24.1 Å². The molecule has 0 radical (unpaired) electrons. The molecule has 2 rings (SSSR count). The third-order valence-electron chi connectivity index (χ3n) is 2.75. The van der Waals surface area contributed by atoms with Crippen LogP contribution in [0.5, 0.6) is 11.5 Å². The van der Waals surface area contributed by atoms with Gasteiger partial charge in [0, 0.05) is 5.56 Å². The van der Waals surface area contributed by atoms with Crippen LogP contribution in [-0.2, 0) is 0 Å². The molecule has 3 nitrogen and oxygen atoms in total. The first-order valence-electron chi connectivity index (χ1n) is 6.44. The fraction of sp³-hybridized carbons (Fsp3) is 0.118. The topological polar surface area (TPSA) is 35.5 Å². The second-order valence-corrected chi connectivity index (χ2v) is 4.36. The third kappa shape index (κ3) is 4.78. The van der Waals surface area contributed by atoms with Gasteiger partial charge in [0.1, 0.15) is 11.5 Å². The summed E-state index contributed by atoms with van der Waals surface area (Å²) in [5, 5.41) is 0. The van der Waals surface area contributed by atoms with E-state index in [1.54, 1.807) is 30.3 Å². The van der Waals surface area contributed by atoms with E-state index in [9.17, 15) is 18.0 Å². The molecule has 0 bridgehead atoms. The Kier molecular flexibility index (Phi) is 4.91. The maximum Gasteiger partial charge on any atom is 0.573 e. The van der Waals surface area contributed by atoms with E-state index in [4.69, 9.17) is 4.74 Å². The van der Waals surface area contributed by atoms with Crippen molar-refractivity contribution in [2.24, 2.45) is 0 Å². The average Bonchev–Trinajstić information content (AvgIpc) is 2.52. The second kappa shape index (κ2) is 6.88. The van der Waals surface area contributed by atoms with Gasteiger partial charge in [0.05, 0.1) is 12.7 Å². The van der Waals surface area contributed by atoms with Crippen molar-refractivity contribution < 1.29 is 27.4 Å². The van der Waals surface area contributed by atoms with Gasteiger partial charge in [-0.25, -0.2) is 0 Å². The Morgan fingerprint density at radius 1 is 1.09 bits per heavy atom. The molecule has 23 heavy (non-hydrogen) atoms. The van der Waals surface area contributed by atoms with Crippen molar-refractivity contribution in [3.05, 3.63) is 59.7 Å². The van der Waals surface area contributed by atoms with Crippen molar-refractivity contribution in [3.63, 3.8) is 0 Å². The van der Waals surface area contributed by atoms with Gasteiger partial charge in [0.15, 0.2) is 0 Å². The van der Waals surface area contributed by atoms with E-state index in [1.807, 2.05) is 0 Å². The third-order valence-corrected chi connectivity index (χ3v) is 2.75. The average molecular weight is 320 g/mol. The van der Waals surface area contributed by atoms with Crippen molar-refractivity contribution in [2.45, 2.75) is 6.36 Å². The molecular weight excluding hydrogens is 309 g/mol. The number of Topliss-reactive ketones (excluding diaryl/α,β-unsaturated/α-hetero) is 1. The predicted octanol–water partition coefficient (Wildman–Crippen LogP) is 3.83. The Hall–Kier alpha value is -2.94. The first-order valence-corrected chi connectivity index (χ1v) is 6.44. The van der Waals surface area contributed by atoms with E-state index in [0.29, 0.717) is 5.56 Å². The van der Waals surface area contributed by atoms with Crippen LogP contribution in [0.15, 0.2) is 48.5 Å². The van der Waals surface area contributed by atoms with Crippen LogP contribution in [0.1, 0.15) is 15.9 Å². The van der Waals surface area contributed by atoms with Crippen LogP contribution >= 0.6 is 0 Å². The van der Waals surface area contributed by atoms with Crippen molar-refractivity contribution in [1.82, 2.24) is 0 Å². The Labute approximate surface area is 130 Å². The largest absolute Gasteiger partial charge is 0.573 e. The minimum atomic E-state index is -4.81. The number of rotatable bonds is 3. The molecule has 0 heterocycles. The van der Waals surface area contributed by atoms with Gasteiger partial charge in [0.2, 0.25) is 5.78 Å². The van der Waals surface area contributed by atoms with E-state index in [0.717, 1.165) is 12.1 Å². The molecule has 0 aliphatic rings. The highest BCUT2D eigenvalue weighted by molar-refractivity contribution is 6.09. The zero-order valence-corrected chi connectivity index (χ0v) is 12.0. The normalized spacial score (nSPS) is 10.4. The van der Waals surface area contributed by atoms with Gasteiger partial charge in [0.25, 0.3) is 0 Å². The molecule has 0 fully saturated rings. The van der Waals surface area contributed by atoms with Crippen LogP contribution in [0.4, 0.5) is 13.2 Å². The number of halogens is 3. The van der Waals surface area contributed by atoms with E-state index in [2.05, 4.69) is 16.6 Å². The highest BCUT2D eigenvalue weighted by atomic mass is 19.4. The van der Waals surface area contributed by atoms with Gasteiger partial charge in [-0.1, -0.05) is 36.3 Å². The molecule has 2 aromatic rings. The summed E-state index contributed by atoms with van der Waals surface area (Å²) in [5.41, 5.74) is 0.514. The Morgan fingerprint density at radius 3 is 2.39 bits per heavy atom. The van der Waals surface area contributed by atoms with E-state index < -0.39 is 17.9 Å². The first-order chi connectivity index (χ1) is 10.9. The van der Waals surface area contributed by atoms with Gasteiger partial charge in [-0.15, -0.1) is 13.2 Å². The monoisotopic (exact) mass is 320 g/mol. The number of alkyl halides is 3. The Bertz CT molecular complexity index is 756. The number of hydrogen-bond acceptors (Lipinski definition) is 3. The summed E-state index contributed by atoms with van der Waals surface area (Å²) in [6.45, 7) is 0. The lowest BCUT2D eigenvalue weighted by atomic mass is 10.1. The maximum atomic E-state index is 12.2. The number of methoxy groups -OCH3 is 1. The van der Waals surface area contributed by atoms with Crippen molar-refractivity contribution >= 4 is 5.78 Å². The molecule has 0 aliphatic carbocycles. The molecule has 0 aliphatic heterocycles. The van der Waals surface area contributed by atoms with E-state index >= 15 is 0 Å². The summed E-state index contributed by atoms with van der Waals surface area (Å²) < 4.78 is 45.6. The zero-order valence-electron chi connectivity index (χ0n) is 12.0. The molecule has 0 aromatic heterocycles. The number of hydrogen-bond donors (Lipinski definition) is 0. The SMILES string of the molecule is COc1ccc(OC(F)(F)F)cc1C#CC(=O)c1ccccc1. The molecular formula is C17H11F3O3. The molecule has 6 heteroatoms. The van der Waals surface area contributed by atoms with Crippen molar-refractivity contribution in [2.75, 3.05) is 7.11 Å². The number of ether oxygens (including phenoxy) is 2. The van der Waals surface area contributed by atoms with E-state index in [-0.39, 0.29) is 11.3 Å². The minimum absolute atomic E-state index is 0.124. The standard InChI is InChI=1S/C17H11F3O3/c1-22-16-10-8-14(23-17(18,19)20)11-13(16)7-9-15(21)12-5-3-2-4-6-12/h2-6,8,10-11H,1H3. The summed E-state index contributed by atoms with van der Waals surface area (Å²) >= 11 is 0. The fourth-order valence-electron chi connectivity index (χ4n) is 1.77. The highest BCUT2D eigenvalue weighted by Gasteiger charge is 2.31. The quantitative estimate of drug-likeness (QED) is 0.637. The predicted molar refractivity (Wildman–Crippen MR) is 77.3 cm³/mol. The number of ketones is 1. The van der Waals surface area contributed by atoms with Crippen LogP contribution in [-0.4, -0.2) is 19.3 Å². The molecule has 0 saturated carbocycles. The van der Waals surface area contributed by atoms with Crippen LogP contribution < -0.4 is 9.47 Å². The first kappa shape index (κ1) is 16.4. The molecule has 118 valence electrons. The second-order valence-electron chi connectivity index (χ2n) is 4.36. The van der Waals surface area contributed by atoms with Crippen LogP contribution in [0, 0.1) is 11.8 Å². The molecule has 2 aromatic carbocycles. The molecule has 0 saturated heterocycles. The summed E-state index contributed by atoms with van der Waals surface area (Å²) in [7, 11) is 1.35. The summed E-state index contributed by atoms with van der Waals surface area (Å²) in [5.74, 6) is 4.25. The molecule has 0 spiro atoms. The summed E-state index contributed by atoms with van der Waals surface area (Å²) in [6.07, 6.45) is -4.81. The van der Waals surface area contributed by atoms with Gasteiger partial charge in [-0.3, -0.25) is 4.79 Å². The smallest absolute Gasteiger partial charge is 0.495 e.